The van der Waals surface area contributed by atoms with E-state index in [9.17, 15) is 14.4 Å². The summed E-state index contributed by atoms with van der Waals surface area (Å²) in [6.45, 7) is 14.6. The Morgan fingerprint density at radius 1 is 0.979 bits per heavy atom. The third-order valence-electron chi connectivity index (χ3n) is 9.21. The van der Waals surface area contributed by atoms with Gasteiger partial charge >= 0.3 is 6.09 Å². The number of carbonyl (C=O) groups excluding carboxylic acids is 3. The third-order valence-corrected chi connectivity index (χ3v) is 9.21. The molecule has 0 radical (unpaired) electrons. The van der Waals surface area contributed by atoms with Crippen molar-refractivity contribution in [2.45, 2.75) is 97.2 Å². The number of unbranched alkanes of at least 4 members (excludes halogenated alkanes) is 1. The monoisotopic (exact) mass is 644 g/mol. The first-order chi connectivity index (χ1) is 22.5. The average Bonchev–Trinajstić information content (AvgIpc) is 3.42. The van der Waals surface area contributed by atoms with Crippen molar-refractivity contribution in [3.05, 3.63) is 59.9 Å². The lowest BCUT2D eigenvalue weighted by Crippen LogP contribution is -2.48. The molecule has 2 saturated heterocycles. The number of ether oxygens (including phenoxy) is 1. The van der Waals surface area contributed by atoms with Crippen LogP contribution in [0.2, 0.25) is 0 Å². The number of likely N-dealkylation sites (tertiary alicyclic amines) is 1. The quantitative estimate of drug-likeness (QED) is 0.302. The normalized spacial score (nSPS) is 17.9. The van der Waals surface area contributed by atoms with Crippen LogP contribution in [0.15, 0.2) is 48.5 Å². The van der Waals surface area contributed by atoms with Crippen LogP contribution in [0.3, 0.4) is 0 Å². The van der Waals surface area contributed by atoms with E-state index < -0.39 is 17.7 Å². The molecule has 2 aliphatic rings. The number of imidazole rings is 1. The zero-order chi connectivity index (χ0) is 33.6. The highest BCUT2D eigenvalue weighted by molar-refractivity contribution is 5.79. The number of hydrogen-bond donors (Lipinski definition) is 1. The van der Waals surface area contributed by atoms with Crippen LogP contribution in [0, 0.1) is 0 Å². The molecule has 2 fully saturated rings. The van der Waals surface area contributed by atoms with Crippen molar-refractivity contribution in [1.29, 1.82) is 0 Å². The Labute approximate surface area is 279 Å². The Kier molecular flexibility index (Phi) is 11.1. The summed E-state index contributed by atoms with van der Waals surface area (Å²) >= 11 is 0. The standard InChI is InChI=1S/C37H52N6O4/c1-6-7-19-43-33-13-9-8-12-32(33)39-35(43)29-11-10-18-42(26-29)34(45)25-30(38-36(46)47-37(3,4)5)24-28-14-16-31(17-15-28)41-22-20-40(21-23-41)27(2)44/h8-9,12-17,29-30H,6-7,10-11,18-26H2,1-5H3,(H,38,46)/t29-,30-/m1/s1. The number of nitrogens with one attached hydrogen (secondary N) is 1. The van der Waals surface area contributed by atoms with Gasteiger partial charge in [-0.15, -0.1) is 0 Å². The molecule has 2 aromatic carbocycles. The summed E-state index contributed by atoms with van der Waals surface area (Å²) in [5, 5.41) is 3.01. The lowest BCUT2D eigenvalue weighted by atomic mass is 9.95. The molecule has 0 bridgehead atoms. The van der Waals surface area contributed by atoms with E-state index in [2.05, 4.69) is 64.2 Å². The zero-order valence-electron chi connectivity index (χ0n) is 28.8. The smallest absolute Gasteiger partial charge is 0.407 e. The summed E-state index contributed by atoms with van der Waals surface area (Å²) in [6, 6.07) is 16.2. The number of anilines is 1. The largest absolute Gasteiger partial charge is 0.444 e. The predicted molar refractivity (Wildman–Crippen MR) is 186 cm³/mol. The van der Waals surface area contributed by atoms with Crippen LogP contribution >= 0.6 is 0 Å². The summed E-state index contributed by atoms with van der Waals surface area (Å²) < 4.78 is 7.94. The summed E-state index contributed by atoms with van der Waals surface area (Å²) in [5.74, 6) is 1.39. The summed E-state index contributed by atoms with van der Waals surface area (Å²) in [7, 11) is 0. The van der Waals surface area contributed by atoms with E-state index in [1.165, 1.54) is 0 Å². The molecule has 254 valence electrons. The highest BCUT2D eigenvalue weighted by atomic mass is 16.6. The van der Waals surface area contributed by atoms with Crippen LogP contribution in [0.25, 0.3) is 11.0 Å². The topological polar surface area (TPSA) is 100 Å². The number of fused-ring (bicyclic) bond motifs is 1. The molecule has 10 nitrogen and oxygen atoms in total. The molecule has 1 aromatic heterocycles. The van der Waals surface area contributed by atoms with Crippen molar-refractivity contribution in [2.75, 3.05) is 44.2 Å². The van der Waals surface area contributed by atoms with Gasteiger partial charge in [0.1, 0.15) is 11.4 Å². The Balaban J connectivity index is 1.27. The molecule has 0 aliphatic carbocycles. The van der Waals surface area contributed by atoms with E-state index >= 15 is 0 Å². The number of piperazine rings is 1. The van der Waals surface area contributed by atoms with Crippen LogP contribution in [-0.2, 0) is 27.3 Å². The molecule has 2 aliphatic heterocycles. The Morgan fingerprint density at radius 2 is 1.70 bits per heavy atom. The van der Waals surface area contributed by atoms with Gasteiger partial charge in [-0.3, -0.25) is 9.59 Å². The summed E-state index contributed by atoms with van der Waals surface area (Å²) in [6.07, 6.45) is 4.28. The first-order valence-electron chi connectivity index (χ1n) is 17.3. The van der Waals surface area contributed by atoms with Gasteiger partial charge in [0.15, 0.2) is 0 Å². The Bertz CT molecular complexity index is 1520. The molecule has 5 rings (SSSR count). The van der Waals surface area contributed by atoms with Gasteiger partial charge in [-0.1, -0.05) is 37.6 Å². The van der Waals surface area contributed by atoms with E-state index in [4.69, 9.17) is 9.72 Å². The van der Waals surface area contributed by atoms with E-state index in [1.807, 2.05) is 36.6 Å². The van der Waals surface area contributed by atoms with E-state index in [0.29, 0.717) is 19.5 Å². The van der Waals surface area contributed by atoms with Crippen molar-refractivity contribution in [2.24, 2.45) is 0 Å². The number of aryl methyl sites for hydroxylation is 1. The second kappa shape index (κ2) is 15.2. The maximum atomic E-state index is 13.9. The van der Waals surface area contributed by atoms with Gasteiger partial charge in [0, 0.05) is 76.8 Å². The van der Waals surface area contributed by atoms with Crippen LogP contribution in [-0.4, -0.2) is 88.2 Å². The molecule has 3 amide bonds. The fourth-order valence-corrected chi connectivity index (χ4v) is 6.77. The number of amides is 3. The SMILES string of the molecule is CCCCn1c([C@@H]2CCCN(C(=O)C[C@@H](Cc3ccc(N4CCN(C(C)=O)CC4)cc3)NC(=O)OC(C)(C)C)C2)nc2ccccc21. The fraction of sp³-hybridized carbons (Fsp3) is 0.568. The Morgan fingerprint density at radius 3 is 2.38 bits per heavy atom. The second-order valence-electron chi connectivity index (χ2n) is 14.1. The van der Waals surface area contributed by atoms with Crippen LogP contribution < -0.4 is 10.2 Å². The van der Waals surface area contributed by atoms with Crippen molar-refractivity contribution in [1.82, 2.24) is 24.7 Å². The number of aromatic nitrogens is 2. The third kappa shape index (κ3) is 9.05. The molecule has 3 aromatic rings. The molecule has 3 heterocycles. The molecule has 10 heteroatoms. The number of alkyl carbamates (subject to hydrolysis) is 1. The van der Waals surface area contributed by atoms with Crippen molar-refractivity contribution < 1.29 is 19.1 Å². The lowest BCUT2D eigenvalue weighted by molar-refractivity contribution is -0.133. The van der Waals surface area contributed by atoms with E-state index in [0.717, 1.165) is 86.5 Å². The summed E-state index contributed by atoms with van der Waals surface area (Å²) in [4.78, 5) is 49.7. The predicted octanol–water partition coefficient (Wildman–Crippen LogP) is 5.74. The number of nitrogens with zero attached hydrogens (tertiary/aromatic N) is 5. The number of hydrogen-bond acceptors (Lipinski definition) is 6. The van der Waals surface area contributed by atoms with Gasteiger partial charge in [-0.25, -0.2) is 9.78 Å². The highest BCUT2D eigenvalue weighted by Gasteiger charge is 2.31. The van der Waals surface area contributed by atoms with Gasteiger partial charge in [0.2, 0.25) is 11.8 Å². The van der Waals surface area contributed by atoms with Gasteiger partial charge in [0.05, 0.1) is 11.0 Å². The zero-order valence-corrected chi connectivity index (χ0v) is 28.8. The van der Waals surface area contributed by atoms with Crippen molar-refractivity contribution >= 4 is 34.6 Å². The van der Waals surface area contributed by atoms with Crippen LogP contribution in [0.4, 0.5) is 10.5 Å². The molecule has 2 atom stereocenters. The molecule has 0 unspecified atom stereocenters. The maximum Gasteiger partial charge on any atom is 0.407 e. The van der Waals surface area contributed by atoms with Crippen LogP contribution in [0.5, 0.6) is 0 Å². The second-order valence-corrected chi connectivity index (χ2v) is 14.1. The van der Waals surface area contributed by atoms with Crippen LogP contribution in [0.1, 0.15) is 84.0 Å². The molecule has 0 saturated carbocycles. The minimum Gasteiger partial charge on any atom is -0.444 e. The molecule has 47 heavy (non-hydrogen) atoms. The number of para-hydroxylation sites is 2. The van der Waals surface area contributed by atoms with Gasteiger partial charge < -0.3 is 29.3 Å². The minimum atomic E-state index is -0.643. The Hall–Kier alpha value is -4.08. The number of piperidine rings is 1. The number of carbonyl (C=O) groups is 3. The first-order valence-corrected chi connectivity index (χ1v) is 17.3. The van der Waals surface area contributed by atoms with Crippen molar-refractivity contribution in [3.63, 3.8) is 0 Å². The van der Waals surface area contributed by atoms with E-state index in [-0.39, 0.29) is 24.2 Å². The average molecular weight is 645 g/mol. The molecular formula is C37H52N6O4. The fourth-order valence-electron chi connectivity index (χ4n) is 6.77. The number of benzene rings is 2. The molecule has 0 spiro atoms. The minimum absolute atomic E-state index is 0.0342. The maximum absolute atomic E-state index is 13.9. The van der Waals surface area contributed by atoms with Gasteiger partial charge in [0.25, 0.3) is 0 Å². The van der Waals surface area contributed by atoms with Crippen molar-refractivity contribution in [3.8, 4) is 0 Å². The van der Waals surface area contributed by atoms with E-state index in [1.54, 1.807) is 6.92 Å². The molecular weight excluding hydrogens is 592 g/mol. The highest BCUT2D eigenvalue weighted by Crippen LogP contribution is 2.30. The first kappa shape index (κ1) is 34.3. The number of rotatable bonds is 10. The van der Waals surface area contributed by atoms with Gasteiger partial charge in [-0.2, -0.15) is 0 Å². The van der Waals surface area contributed by atoms with Gasteiger partial charge in [-0.05, 0) is 76.3 Å². The molecule has 1 N–H and O–H groups in total. The lowest BCUT2D eigenvalue weighted by Gasteiger charge is -2.35. The summed E-state index contributed by atoms with van der Waals surface area (Å²) in [5.41, 5.74) is 3.66.